The molecule has 1 aliphatic heterocycles. The minimum absolute atomic E-state index is 0.103. The number of hydrogen-bond donors (Lipinski definition) is 1. The molecule has 1 rings (SSSR count). The third-order valence-corrected chi connectivity index (χ3v) is 5.99. The lowest BCUT2D eigenvalue weighted by Gasteiger charge is -2.23. The highest BCUT2D eigenvalue weighted by Crippen LogP contribution is 2.29. The van der Waals surface area contributed by atoms with Crippen LogP contribution < -0.4 is 0 Å². The van der Waals surface area contributed by atoms with Gasteiger partial charge in [0.05, 0.1) is 13.2 Å². The highest BCUT2D eigenvalue weighted by Gasteiger charge is 2.37. The summed E-state index contributed by atoms with van der Waals surface area (Å²) in [6.45, 7) is 6.30. The van der Waals surface area contributed by atoms with Gasteiger partial charge in [-0.15, -0.1) is 0 Å². The van der Waals surface area contributed by atoms with Crippen LogP contribution in [0, 0.1) is 0 Å². The minimum Gasteiger partial charge on any atom is -0.357 e. The summed E-state index contributed by atoms with van der Waals surface area (Å²) in [6, 6.07) is 0. The number of rotatable bonds is 15. The fourth-order valence-corrected chi connectivity index (χ4v) is 3.96. The Morgan fingerprint density at radius 1 is 1.08 bits per heavy atom. The molecule has 0 aromatic heterocycles. The van der Waals surface area contributed by atoms with E-state index in [1.807, 2.05) is 6.92 Å². The molecule has 0 spiro atoms. The van der Waals surface area contributed by atoms with E-state index in [-0.39, 0.29) is 19.1 Å². The molecular formula is C19H38O6S. The van der Waals surface area contributed by atoms with Crippen LogP contribution in [0.4, 0.5) is 0 Å². The van der Waals surface area contributed by atoms with Crippen molar-refractivity contribution >= 4 is 10.1 Å². The Kier molecular flexibility index (Phi) is 11.3. The molecule has 0 bridgehead atoms. The van der Waals surface area contributed by atoms with Crippen molar-refractivity contribution in [1.82, 2.24) is 0 Å². The highest BCUT2D eigenvalue weighted by molar-refractivity contribution is 7.86. The first-order valence-electron chi connectivity index (χ1n) is 10.2. The molecule has 3 atom stereocenters. The van der Waals surface area contributed by atoms with Crippen molar-refractivity contribution in [2.24, 2.45) is 0 Å². The Hall–Kier alpha value is -0.210. The van der Waals surface area contributed by atoms with Gasteiger partial charge in [-0.2, -0.15) is 8.42 Å². The lowest BCUT2D eigenvalue weighted by molar-refractivity contribution is -0.165. The van der Waals surface area contributed by atoms with Gasteiger partial charge in [0, 0.05) is 6.42 Å². The summed E-state index contributed by atoms with van der Waals surface area (Å²) in [5.41, 5.74) is -1.20. The summed E-state index contributed by atoms with van der Waals surface area (Å²) < 4.78 is 48.3. The summed E-state index contributed by atoms with van der Waals surface area (Å²) in [5.74, 6) is -0.616. The standard InChI is InChI=1S/C19H38O6S/c1-4-6-7-8-9-10-11-12-13-14-19(3)24-16-17(25-19)15-23-18(5-2)26(20,21)22/h17-18H,4-16H2,1-3H3,(H,20,21,22). The summed E-state index contributed by atoms with van der Waals surface area (Å²) in [5, 5.41) is 0. The van der Waals surface area contributed by atoms with E-state index in [9.17, 15) is 8.42 Å². The van der Waals surface area contributed by atoms with E-state index in [1.165, 1.54) is 51.4 Å². The molecule has 156 valence electrons. The van der Waals surface area contributed by atoms with Crippen molar-refractivity contribution in [3.8, 4) is 0 Å². The first-order chi connectivity index (χ1) is 12.3. The zero-order valence-corrected chi connectivity index (χ0v) is 17.6. The molecule has 0 aromatic carbocycles. The Balaban J connectivity index is 2.13. The molecule has 26 heavy (non-hydrogen) atoms. The first-order valence-corrected chi connectivity index (χ1v) is 11.7. The van der Waals surface area contributed by atoms with Crippen LogP contribution in [0.15, 0.2) is 0 Å². The van der Waals surface area contributed by atoms with E-state index in [0.717, 1.165) is 12.8 Å². The van der Waals surface area contributed by atoms with Gasteiger partial charge in [0.15, 0.2) is 11.2 Å². The smallest absolute Gasteiger partial charge is 0.292 e. The fourth-order valence-electron chi connectivity index (χ4n) is 3.29. The molecule has 0 amide bonds. The average Bonchev–Trinajstić information content (AvgIpc) is 2.94. The molecule has 1 aliphatic rings. The van der Waals surface area contributed by atoms with Crippen molar-refractivity contribution in [1.29, 1.82) is 0 Å². The van der Waals surface area contributed by atoms with Gasteiger partial charge in [-0.05, 0) is 19.8 Å². The lowest BCUT2D eigenvalue weighted by Crippen LogP contribution is -2.31. The summed E-state index contributed by atoms with van der Waals surface area (Å²) in [6.07, 6.45) is 12.2. The Morgan fingerprint density at radius 2 is 1.65 bits per heavy atom. The maximum Gasteiger partial charge on any atom is 0.292 e. The predicted molar refractivity (Wildman–Crippen MR) is 103 cm³/mol. The minimum atomic E-state index is -4.18. The van der Waals surface area contributed by atoms with Crippen LogP contribution in [0.1, 0.15) is 91.4 Å². The molecule has 1 heterocycles. The summed E-state index contributed by atoms with van der Waals surface area (Å²) in [7, 11) is -4.18. The second-order valence-electron chi connectivity index (χ2n) is 7.45. The van der Waals surface area contributed by atoms with Gasteiger partial charge in [0.25, 0.3) is 10.1 Å². The van der Waals surface area contributed by atoms with Crippen LogP contribution in [0.25, 0.3) is 0 Å². The number of unbranched alkanes of at least 4 members (excludes halogenated alkanes) is 8. The molecule has 1 N–H and O–H groups in total. The zero-order chi connectivity index (χ0) is 19.5. The third-order valence-electron chi connectivity index (χ3n) is 4.86. The molecule has 1 saturated heterocycles. The van der Waals surface area contributed by atoms with E-state index in [1.54, 1.807) is 6.92 Å². The largest absolute Gasteiger partial charge is 0.357 e. The fraction of sp³-hybridized carbons (Fsp3) is 1.00. The molecule has 1 fully saturated rings. The number of hydrogen-bond acceptors (Lipinski definition) is 5. The van der Waals surface area contributed by atoms with Gasteiger partial charge in [0.1, 0.15) is 6.10 Å². The van der Waals surface area contributed by atoms with Gasteiger partial charge in [0.2, 0.25) is 0 Å². The molecule has 3 unspecified atom stereocenters. The molecule has 0 saturated carbocycles. The van der Waals surface area contributed by atoms with Gasteiger partial charge in [-0.3, -0.25) is 4.55 Å². The SMILES string of the molecule is CCCCCCCCCCCC1(C)OCC(COC(CC)S(=O)(=O)O)O1. The van der Waals surface area contributed by atoms with Crippen LogP contribution in [0.2, 0.25) is 0 Å². The van der Waals surface area contributed by atoms with Crippen molar-refractivity contribution in [3.63, 3.8) is 0 Å². The van der Waals surface area contributed by atoms with Crippen LogP contribution in [-0.2, 0) is 24.3 Å². The monoisotopic (exact) mass is 394 g/mol. The molecule has 0 aromatic rings. The Bertz CT molecular complexity index is 467. The second kappa shape index (κ2) is 12.3. The Morgan fingerprint density at radius 3 is 2.19 bits per heavy atom. The maximum absolute atomic E-state index is 11.2. The van der Waals surface area contributed by atoms with Gasteiger partial charge in [-0.1, -0.05) is 65.2 Å². The van der Waals surface area contributed by atoms with Crippen LogP contribution in [-0.4, -0.2) is 43.5 Å². The third kappa shape index (κ3) is 9.65. The molecule has 0 radical (unpaired) electrons. The quantitative estimate of drug-likeness (QED) is 0.321. The second-order valence-corrected chi connectivity index (χ2v) is 9.00. The normalized spacial score (nSPS) is 24.8. The summed E-state index contributed by atoms with van der Waals surface area (Å²) >= 11 is 0. The molecule has 0 aliphatic carbocycles. The molecular weight excluding hydrogens is 356 g/mol. The van der Waals surface area contributed by atoms with Crippen molar-refractivity contribution < 1.29 is 27.2 Å². The summed E-state index contributed by atoms with van der Waals surface area (Å²) in [4.78, 5) is 0. The van der Waals surface area contributed by atoms with Crippen molar-refractivity contribution in [2.75, 3.05) is 13.2 Å². The van der Waals surface area contributed by atoms with E-state index >= 15 is 0 Å². The molecule has 6 nitrogen and oxygen atoms in total. The van der Waals surface area contributed by atoms with Crippen molar-refractivity contribution in [3.05, 3.63) is 0 Å². The topological polar surface area (TPSA) is 82.1 Å². The van der Waals surface area contributed by atoms with Gasteiger partial charge < -0.3 is 14.2 Å². The molecule has 7 heteroatoms. The van der Waals surface area contributed by atoms with E-state index in [0.29, 0.717) is 6.61 Å². The maximum atomic E-state index is 11.2. The van der Waals surface area contributed by atoms with Crippen molar-refractivity contribution in [2.45, 2.75) is 109 Å². The van der Waals surface area contributed by atoms with Crippen LogP contribution in [0.5, 0.6) is 0 Å². The van der Waals surface area contributed by atoms with E-state index in [4.69, 9.17) is 18.8 Å². The highest BCUT2D eigenvalue weighted by atomic mass is 32.2. The van der Waals surface area contributed by atoms with E-state index in [2.05, 4.69) is 6.92 Å². The van der Waals surface area contributed by atoms with Crippen LogP contribution >= 0.6 is 0 Å². The number of ether oxygens (including phenoxy) is 3. The van der Waals surface area contributed by atoms with Gasteiger partial charge >= 0.3 is 0 Å². The average molecular weight is 395 g/mol. The lowest BCUT2D eigenvalue weighted by atomic mass is 10.0. The Labute approximate surface area is 159 Å². The zero-order valence-electron chi connectivity index (χ0n) is 16.7. The van der Waals surface area contributed by atoms with E-state index < -0.39 is 21.3 Å². The van der Waals surface area contributed by atoms with Crippen LogP contribution in [0.3, 0.4) is 0 Å². The van der Waals surface area contributed by atoms with Gasteiger partial charge in [-0.25, -0.2) is 0 Å². The first kappa shape index (κ1) is 23.8. The predicted octanol–water partition coefficient (Wildman–Crippen LogP) is 4.68.